The van der Waals surface area contributed by atoms with Crippen molar-refractivity contribution in [3.63, 3.8) is 0 Å². The van der Waals surface area contributed by atoms with Crippen LogP contribution >= 0.6 is 0 Å². The SMILES string of the molecule is CCCC[C@]1(c2ccccc2)Nc2c(-c3ccc(OC)cc3)ccc(-c3ccc(OC)cc3)c2N=C1c1ccccc1. The van der Waals surface area contributed by atoms with Crippen LogP contribution < -0.4 is 14.8 Å². The fourth-order valence-corrected chi connectivity index (χ4v) is 5.93. The van der Waals surface area contributed by atoms with E-state index in [9.17, 15) is 0 Å². The highest BCUT2D eigenvalue weighted by Gasteiger charge is 2.42. The Morgan fingerprint density at radius 3 is 1.74 bits per heavy atom. The number of unbranched alkanes of at least 4 members (excludes halogenated alkanes) is 1. The van der Waals surface area contributed by atoms with Crippen LogP contribution in [0, 0.1) is 0 Å². The molecule has 1 heterocycles. The van der Waals surface area contributed by atoms with Crippen molar-refractivity contribution in [2.24, 2.45) is 4.99 Å². The molecular weight excluding hydrogens is 516 g/mol. The van der Waals surface area contributed by atoms with E-state index in [1.165, 1.54) is 5.56 Å². The number of nitrogens with one attached hydrogen (secondary N) is 1. The molecule has 0 radical (unpaired) electrons. The van der Waals surface area contributed by atoms with E-state index in [-0.39, 0.29) is 0 Å². The van der Waals surface area contributed by atoms with Gasteiger partial charge in [-0.15, -0.1) is 0 Å². The van der Waals surface area contributed by atoms with Gasteiger partial charge in [-0.05, 0) is 52.9 Å². The summed E-state index contributed by atoms with van der Waals surface area (Å²) in [5.74, 6) is 1.66. The van der Waals surface area contributed by atoms with E-state index in [1.807, 2.05) is 24.3 Å². The average Bonchev–Trinajstić information content (AvgIpc) is 3.07. The van der Waals surface area contributed by atoms with Crippen LogP contribution in [0.2, 0.25) is 0 Å². The summed E-state index contributed by atoms with van der Waals surface area (Å²) in [6, 6.07) is 42.3. The average molecular weight is 553 g/mol. The van der Waals surface area contributed by atoms with E-state index in [2.05, 4.69) is 109 Å². The summed E-state index contributed by atoms with van der Waals surface area (Å²) < 4.78 is 10.9. The lowest BCUT2D eigenvalue weighted by Gasteiger charge is -2.42. The molecule has 1 atom stereocenters. The Morgan fingerprint density at radius 1 is 0.619 bits per heavy atom. The zero-order valence-electron chi connectivity index (χ0n) is 24.4. The molecule has 4 heteroatoms. The predicted molar refractivity (Wildman–Crippen MR) is 174 cm³/mol. The van der Waals surface area contributed by atoms with Gasteiger partial charge in [0.25, 0.3) is 0 Å². The molecule has 0 unspecified atom stereocenters. The summed E-state index contributed by atoms with van der Waals surface area (Å²) in [4.78, 5) is 5.64. The van der Waals surface area contributed by atoms with Gasteiger partial charge in [-0.3, -0.25) is 0 Å². The van der Waals surface area contributed by atoms with Crippen LogP contribution in [-0.2, 0) is 5.54 Å². The molecule has 0 bridgehead atoms. The maximum absolute atomic E-state index is 5.64. The fourth-order valence-electron chi connectivity index (χ4n) is 5.93. The number of hydrogen-bond acceptors (Lipinski definition) is 4. The zero-order chi connectivity index (χ0) is 28.9. The second-order valence-corrected chi connectivity index (χ2v) is 10.7. The molecule has 0 saturated heterocycles. The summed E-state index contributed by atoms with van der Waals surface area (Å²) in [6.07, 6.45) is 3.05. The van der Waals surface area contributed by atoms with Gasteiger partial charge in [-0.25, -0.2) is 4.99 Å². The topological polar surface area (TPSA) is 42.8 Å². The number of fused-ring (bicyclic) bond motifs is 1. The Hall–Kier alpha value is -4.83. The Morgan fingerprint density at radius 2 is 1.17 bits per heavy atom. The highest BCUT2D eigenvalue weighted by Crippen LogP contribution is 2.51. The molecule has 0 aromatic heterocycles. The summed E-state index contributed by atoms with van der Waals surface area (Å²) in [5, 5.41) is 4.15. The molecule has 0 aliphatic carbocycles. The first-order chi connectivity index (χ1) is 20.7. The van der Waals surface area contributed by atoms with Gasteiger partial charge in [-0.1, -0.05) is 117 Å². The summed E-state index contributed by atoms with van der Waals surface area (Å²) in [7, 11) is 3.39. The smallest absolute Gasteiger partial charge is 0.118 e. The van der Waals surface area contributed by atoms with E-state index in [1.54, 1.807) is 14.2 Å². The first-order valence-corrected chi connectivity index (χ1v) is 14.6. The van der Waals surface area contributed by atoms with Crippen molar-refractivity contribution >= 4 is 17.1 Å². The third-order valence-electron chi connectivity index (χ3n) is 8.17. The van der Waals surface area contributed by atoms with Crippen molar-refractivity contribution in [2.75, 3.05) is 19.5 Å². The van der Waals surface area contributed by atoms with E-state index in [4.69, 9.17) is 14.5 Å². The van der Waals surface area contributed by atoms with E-state index >= 15 is 0 Å². The molecule has 0 spiro atoms. The van der Waals surface area contributed by atoms with Gasteiger partial charge < -0.3 is 14.8 Å². The molecule has 5 aromatic carbocycles. The van der Waals surface area contributed by atoms with E-state index in [0.29, 0.717) is 0 Å². The molecule has 1 N–H and O–H groups in total. The monoisotopic (exact) mass is 552 g/mol. The quantitative estimate of drug-likeness (QED) is 0.198. The maximum atomic E-state index is 5.64. The summed E-state index contributed by atoms with van der Waals surface area (Å²) in [5.41, 5.74) is 9.21. The molecule has 1 aliphatic heterocycles. The zero-order valence-corrected chi connectivity index (χ0v) is 24.4. The van der Waals surface area contributed by atoms with Gasteiger partial charge >= 0.3 is 0 Å². The minimum Gasteiger partial charge on any atom is -0.497 e. The van der Waals surface area contributed by atoms with Crippen LogP contribution in [0.1, 0.15) is 37.3 Å². The van der Waals surface area contributed by atoms with Crippen molar-refractivity contribution < 1.29 is 9.47 Å². The Labute approximate surface area is 248 Å². The van der Waals surface area contributed by atoms with E-state index < -0.39 is 5.54 Å². The highest BCUT2D eigenvalue weighted by molar-refractivity contribution is 6.15. The molecule has 1 aliphatic rings. The number of benzene rings is 5. The van der Waals surface area contributed by atoms with Crippen molar-refractivity contribution in [2.45, 2.75) is 31.7 Å². The summed E-state index contributed by atoms with van der Waals surface area (Å²) in [6.45, 7) is 2.25. The Kier molecular flexibility index (Phi) is 7.78. The first-order valence-electron chi connectivity index (χ1n) is 14.6. The lowest BCUT2D eigenvalue weighted by atomic mass is 9.76. The molecule has 0 fully saturated rings. The molecule has 0 amide bonds. The van der Waals surface area contributed by atoms with Crippen molar-refractivity contribution in [1.29, 1.82) is 0 Å². The predicted octanol–water partition coefficient (Wildman–Crippen LogP) is 9.67. The fraction of sp³-hybridized carbons (Fsp3) is 0.184. The number of nitrogens with zero attached hydrogens (tertiary/aromatic N) is 1. The number of aliphatic imine (C=N–C) groups is 1. The van der Waals surface area contributed by atoms with Crippen LogP contribution in [0.4, 0.5) is 11.4 Å². The number of rotatable bonds is 9. The van der Waals surface area contributed by atoms with Crippen LogP contribution in [0.5, 0.6) is 11.5 Å². The second kappa shape index (κ2) is 12.0. The largest absolute Gasteiger partial charge is 0.497 e. The van der Waals surface area contributed by atoms with Gasteiger partial charge in [0.2, 0.25) is 0 Å². The molecule has 42 heavy (non-hydrogen) atoms. The molecule has 0 saturated carbocycles. The van der Waals surface area contributed by atoms with Gasteiger partial charge in [0.15, 0.2) is 0 Å². The minimum absolute atomic E-state index is 0.509. The minimum atomic E-state index is -0.509. The molecular formula is C38H36N2O2. The first kappa shape index (κ1) is 27.3. The normalized spacial score (nSPS) is 15.7. The third kappa shape index (κ3) is 5.05. The molecule has 4 nitrogen and oxygen atoms in total. The van der Waals surface area contributed by atoms with Crippen LogP contribution in [0.25, 0.3) is 22.3 Å². The lowest BCUT2D eigenvalue weighted by molar-refractivity contribution is 0.415. The number of ether oxygens (including phenoxy) is 2. The number of anilines is 1. The Balaban J connectivity index is 1.66. The highest BCUT2D eigenvalue weighted by atomic mass is 16.5. The van der Waals surface area contributed by atoms with Crippen molar-refractivity contribution in [3.05, 3.63) is 132 Å². The maximum Gasteiger partial charge on any atom is 0.118 e. The summed E-state index contributed by atoms with van der Waals surface area (Å²) >= 11 is 0. The van der Waals surface area contributed by atoms with Crippen LogP contribution in [0.3, 0.4) is 0 Å². The van der Waals surface area contributed by atoms with Crippen LogP contribution in [-0.4, -0.2) is 19.9 Å². The Bertz CT molecular complexity index is 1680. The molecule has 210 valence electrons. The molecule has 5 aromatic rings. The lowest BCUT2D eigenvalue weighted by Crippen LogP contribution is -2.46. The van der Waals surface area contributed by atoms with Gasteiger partial charge in [0, 0.05) is 11.1 Å². The number of methoxy groups -OCH3 is 2. The van der Waals surface area contributed by atoms with Crippen molar-refractivity contribution in [3.8, 4) is 33.8 Å². The second-order valence-electron chi connectivity index (χ2n) is 10.7. The van der Waals surface area contributed by atoms with Gasteiger partial charge in [0.05, 0.1) is 31.3 Å². The third-order valence-corrected chi connectivity index (χ3v) is 8.17. The standard InChI is InChI=1S/C38H36N2O2/c1-4-5-26-38(30-14-10-7-11-15-30)37(29-12-8-6-9-13-29)39-35-33(27-16-20-31(41-2)21-17-27)24-25-34(36(35)40-38)28-18-22-32(42-3)23-19-28/h6-25,40H,4-5,26H2,1-3H3/t38-/m1/s1. The molecule has 6 rings (SSSR count). The van der Waals surface area contributed by atoms with Crippen LogP contribution in [0.15, 0.2) is 126 Å². The van der Waals surface area contributed by atoms with Gasteiger partial charge in [0.1, 0.15) is 17.0 Å². The van der Waals surface area contributed by atoms with E-state index in [0.717, 1.165) is 75.7 Å². The number of hydrogen-bond donors (Lipinski definition) is 1. The van der Waals surface area contributed by atoms with Crippen molar-refractivity contribution in [1.82, 2.24) is 0 Å². The van der Waals surface area contributed by atoms with Gasteiger partial charge in [-0.2, -0.15) is 0 Å².